The van der Waals surface area contributed by atoms with Crippen molar-refractivity contribution in [1.29, 1.82) is 0 Å². The summed E-state index contributed by atoms with van der Waals surface area (Å²) in [4.78, 5) is 19.8. The molecule has 25 heavy (non-hydrogen) atoms. The van der Waals surface area contributed by atoms with E-state index in [2.05, 4.69) is 46.4 Å². The lowest BCUT2D eigenvalue weighted by Crippen LogP contribution is -2.36. The fourth-order valence-electron chi connectivity index (χ4n) is 3.04. The summed E-state index contributed by atoms with van der Waals surface area (Å²) in [6.45, 7) is 5.15. The van der Waals surface area contributed by atoms with Gasteiger partial charge in [0.05, 0.1) is 11.9 Å². The second-order valence-electron chi connectivity index (χ2n) is 6.46. The number of hydrogen-bond acceptors (Lipinski definition) is 4. The number of nitrogens with zero attached hydrogens (tertiary/aromatic N) is 2. The first-order chi connectivity index (χ1) is 12.2. The number of piperidine rings is 1. The second kappa shape index (κ2) is 9.02. The number of rotatable bonds is 6. The fourth-order valence-corrected chi connectivity index (χ4v) is 4.26. The van der Waals surface area contributed by atoms with Gasteiger partial charge in [0.15, 0.2) is 0 Å². The van der Waals surface area contributed by atoms with Crippen LogP contribution in [0.25, 0.3) is 0 Å². The molecule has 1 N–H and O–H groups in total. The molecule has 1 aliphatic heterocycles. The van der Waals surface area contributed by atoms with Crippen LogP contribution >= 0.6 is 11.8 Å². The molecule has 2 heterocycles. The first-order valence-electron chi connectivity index (χ1n) is 8.85. The number of thioether (sulfide) groups is 1. The third-order valence-electron chi connectivity index (χ3n) is 4.52. The second-order valence-corrected chi connectivity index (χ2v) is 7.81. The minimum Gasteiger partial charge on any atom is -0.325 e. The number of anilines is 1. The SMILES string of the molecule is Cc1ccccc1SC1CCN(CCC(=O)Nc2cccnc2)CC1. The summed E-state index contributed by atoms with van der Waals surface area (Å²) in [5.74, 6) is 0.0596. The van der Waals surface area contributed by atoms with Crippen LogP contribution in [0.2, 0.25) is 0 Å². The standard InChI is InChI=1S/C20H25N3OS/c1-16-5-2-3-7-19(16)25-18-8-12-23(13-9-18)14-10-20(24)22-17-6-4-11-21-15-17/h2-7,11,15,18H,8-10,12-14H2,1H3,(H,22,24). The largest absolute Gasteiger partial charge is 0.325 e. The number of aromatic nitrogens is 1. The van der Waals surface area contributed by atoms with E-state index < -0.39 is 0 Å². The number of hydrogen-bond donors (Lipinski definition) is 1. The number of aryl methyl sites for hydroxylation is 1. The Hall–Kier alpha value is -1.85. The van der Waals surface area contributed by atoms with Crippen molar-refractivity contribution in [2.75, 3.05) is 25.0 Å². The predicted octanol–water partition coefficient (Wildman–Crippen LogP) is 3.98. The van der Waals surface area contributed by atoms with Crippen molar-refractivity contribution in [1.82, 2.24) is 9.88 Å². The van der Waals surface area contributed by atoms with E-state index in [-0.39, 0.29) is 5.91 Å². The molecule has 2 aromatic rings. The minimum atomic E-state index is 0.0596. The summed E-state index contributed by atoms with van der Waals surface area (Å²) in [5, 5.41) is 3.58. The van der Waals surface area contributed by atoms with Gasteiger partial charge in [0.25, 0.3) is 0 Å². The zero-order valence-corrected chi connectivity index (χ0v) is 15.5. The Kier molecular flexibility index (Phi) is 6.48. The number of likely N-dealkylation sites (tertiary alicyclic amines) is 1. The van der Waals surface area contributed by atoms with Crippen LogP contribution in [-0.4, -0.2) is 40.7 Å². The highest BCUT2D eigenvalue weighted by atomic mass is 32.2. The van der Waals surface area contributed by atoms with Crippen molar-refractivity contribution < 1.29 is 4.79 Å². The van der Waals surface area contributed by atoms with Gasteiger partial charge in [-0.25, -0.2) is 0 Å². The van der Waals surface area contributed by atoms with Crippen molar-refractivity contribution in [2.45, 2.75) is 36.3 Å². The first-order valence-corrected chi connectivity index (χ1v) is 9.73. The van der Waals surface area contributed by atoms with Crippen LogP contribution in [-0.2, 0) is 4.79 Å². The Morgan fingerprint density at radius 1 is 1.24 bits per heavy atom. The van der Waals surface area contributed by atoms with Gasteiger partial charge in [-0.05, 0) is 56.6 Å². The van der Waals surface area contributed by atoms with Crippen LogP contribution in [0.15, 0.2) is 53.7 Å². The van der Waals surface area contributed by atoms with E-state index in [1.165, 1.54) is 23.3 Å². The zero-order valence-electron chi connectivity index (χ0n) is 14.6. The molecule has 132 valence electrons. The number of carbonyl (C=O) groups is 1. The summed E-state index contributed by atoms with van der Waals surface area (Å²) in [6, 6.07) is 12.3. The summed E-state index contributed by atoms with van der Waals surface area (Å²) >= 11 is 2.01. The molecule has 0 radical (unpaired) electrons. The molecule has 1 aromatic carbocycles. The first kappa shape index (κ1) is 18.0. The van der Waals surface area contributed by atoms with Gasteiger partial charge in [-0.2, -0.15) is 0 Å². The quantitative estimate of drug-likeness (QED) is 0.851. The van der Waals surface area contributed by atoms with Crippen LogP contribution < -0.4 is 5.32 Å². The Morgan fingerprint density at radius 2 is 2.04 bits per heavy atom. The Labute approximate surface area is 154 Å². The highest BCUT2D eigenvalue weighted by Crippen LogP contribution is 2.32. The molecule has 0 saturated carbocycles. The summed E-state index contributed by atoms with van der Waals surface area (Å²) in [7, 11) is 0. The summed E-state index contributed by atoms with van der Waals surface area (Å²) in [6.07, 6.45) is 6.28. The molecule has 3 rings (SSSR count). The van der Waals surface area contributed by atoms with E-state index in [1.807, 2.05) is 23.9 Å². The molecule has 1 fully saturated rings. The number of benzene rings is 1. The molecular formula is C20H25N3OS. The monoisotopic (exact) mass is 355 g/mol. The molecule has 4 nitrogen and oxygen atoms in total. The molecule has 5 heteroatoms. The zero-order chi connectivity index (χ0) is 17.5. The summed E-state index contributed by atoms with van der Waals surface area (Å²) < 4.78 is 0. The molecule has 1 saturated heterocycles. The van der Waals surface area contributed by atoms with Crippen LogP contribution in [0.3, 0.4) is 0 Å². The normalized spacial score (nSPS) is 15.9. The van der Waals surface area contributed by atoms with E-state index in [1.54, 1.807) is 12.4 Å². The number of nitrogens with one attached hydrogen (secondary N) is 1. The van der Waals surface area contributed by atoms with Gasteiger partial charge >= 0.3 is 0 Å². The third-order valence-corrected chi connectivity index (χ3v) is 6.04. The average Bonchev–Trinajstić information content (AvgIpc) is 2.64. The van der Waals surface area contributed by atoms with Crippen LogP contribution in [0, 0.1) is 6.92 Å². The van der Waals surface area contributed by atoms with E-state index >= 15 is 0 Å². The molecule has 0 aliphatic carbocycles. The van der Waals surface area contributed by atoms with Crippen LogP contribution in [0.5, 0.6) is 0 Å². The van der Waals surface area contributed by atoms with E-state index in [4.69, 9.17) is 0 Å². The highest BCUT2D eigenvalue weighted by molar-refractivity contribution is 8.00. The maximum Gasteiger partial charge on any atom is 0.225 e. The topological polar surface area (TPSA) is 45.2 Å². The fraction of sp³-hybridized carbons (Fsp3) is 0.400. The Morgan fingerprint density at radius 3 is 2.76 bits per heavy atom. The van der Waals surface area contributed by atoms with Gasteiger partial charge < -0.3 is 10.2 Å². The molecule has 0 unspecified atom stereocenters. The van der Waals surface area contributed by atoms with Gasteiger partial charge in [0, 0.05) is 29.3 Å². The van der Waals surface area contributed by atoms with Crippen LogP contribution in [0.4, 0.5) is 5.69 Å². The maximum absolute atomic E-state index is 12.0. The van der Waals surface area contributed by atoms with Crippen molar-refractivity contribution in [2.24, 2.45) is 0 Å². The lowest BCUT2D eigenvalue weighted by molar-refractivity contribution is -0.116. The molecule has 1 amide bonds. The lowest BCUT2D eigenvalue weighted by Gasteiger charge is -2.31. The van der Waals surface area contributed by atoms with Crippen molar-refractivity contribution in [3.63, 3.8) is 0 Å². The number of pyridine rings is 1. The average molecular weight is 356 g/mol. The van der Waals surface area contributed by atoms with E-state index in [9.17, 15) is 4.79 Å². The molecule has 0 spiro atoms. The molecule has 0 atom stereocenters. The molecular weight excluding hydrogens is 330 g/mol. The highest BCUT2D eigenvalue weighted by Gasteiger charge is 2.20. The molecule has 1 aromatic heterocycles. The molecule has 0 bridgehead atoms. The van der Waals surface area contributed by atoms with Gasteiger partial charge in [-0.1, -0.05) is 18.2 Å². The van der Waals surface area contributed by atoms with Gasteiger partial charge in [0.2, 0.25) is 5.91 Å². The van der Waals surface area contributed by atoms with Crippen molar-refractivity contribution in [3.8, 4) is 0 Å². The Balaban J connectivity index is 1.38. The van der Waals surface area contributed by atoms with Gasteiger partial charge in [-0.3, -0.25) is 9.78 Å². The number of carbonyl (C=O) groups excluding carboxylic acids is 1. The number of amides is 1. The summed E-state index contributed by atoms with van der Waals surface area (Å²) in [5.41, 5.74) is 2.13. The predicted molar refractivity (Wildman–Crippen MR) is 104 cm³/mol. The molecule has 1 aliphatic rings. The van der Waals surface area contributed by atoms with Gasteiger partial charge in [-0.15, -0.1) is 11.8 Å². The van der Waals surface area contributed by atoms with E-state index in [0.29, 0.717) is 11.7 Å². The minimum absolute atomic E-state index is 0.0596. The lowest BCUT2D eigenvalue weighted by atomic mass is 10.1. The van der Waals surface area contributed by atoms with Crippen molar-refractivity contribution >= 4 is 23.4 Å². The van der Waals surface area contributed by atoms with Crippen molar-refractivity contribution in [3.05, 3.63) is 54.4 Å². The van der Waals surface area contributed by atoms with Gasteiger partial charge in [0.1, 0.15) is 0 Å². The van der Waals surface area contributed by atoms with E-state index in [0.717, 1.165) is 25.3 Å². The van der Waals surface area contributed by atoms with Crippen LogP contribution in [0.1, 0.15) is 24.8 Å². The smallest absolute Gasteiger partial charge is 0.225 e. The third kappa shape index (κ3) is 5.58. The maximum atomic E-state index is 12.0. The Bertz CT molecular complexity index is 684.